The average Bonchev–Trinajstić information content (AvgIpc) is 3.14. The SMILES string of the molecule is C[C@@H]1C[C@H]1C(=O)N1CCC2(CC1)C[C@H](NS(C)(=O)=O)CCO2. The Kier molecular flexibility index (Phi) is 4.24. The van der Waals surface area contributed by atoms with E-state index < -0.39 is 10.0 Å². The summed E-state index contributed by atoms with van der Waals surface area (Å²) in [4.78, 5) is 14.3. The van der Waals surface area contributed by atoms with Crippen LogP contribution in [0.4, 0.5) is 0 Å². The number of rotatable bonds is 3. The van der Waals surface area contributed by atoms with Crippen LogP contribution in [0.25, 0.3) is 0 Å². The number of likely N-dealkylation sites (tertiary alicyclic amines) is 1. The van der Waals surface area contributed by atoms with Crippen LogP contribution in [0.5, 0.6) is 0 Å². The van der Waals surface area contributed by atoms with E-state index in [4.69, 9.17) is 4.74 Å². The van der Waals surface area contributed by atoms with Crippen LogP contribution in [0, 0.1) is 11.8 Å². The smallest absolute Gasteiger partial charge is 0.225 e. The lowest BCUT2D eigenvalue weighted by Gasteiger charge is -2.46. The van der Waals surface area contributed by atoms with E-state index in [0.29, 0.717) is 24.9 Å². The van der Waals surface area contributed by atoms with Crippen LogP contribution in [0.3, 0.4) is 0 Å². The van der Waals surface area contributed by atoms with Gasteiger partial charge in [0, 0.05) is 31.7 Å². The van der Waals surface area contributed by atoms with E-state index in [-0.39, 0.29) is 17.6 Å². The summed E-state index contributed by atoms with van der Waals surface area (Å²) in [7, 11) is -3.18. The fraction of sp³-hybridized carbons (Fsp3) is 0.933. The van der Waals surface area contributed by atoms with Gasteiger partial charge in [-0.2, -0.15) is 0 Å². The lowest BCUT2D eigenvalue weighted by Crippen LogP contribution is -2.54. The molecule has 3 atom stereocenters. The Morgan fingerprint density at radius 3 is 2.50 bits per heavy atom. The van der Waals surface area contributed by atoms with E-state index >= 15 is 0 Å². The van der Waals surface area contributed by atoms with Crippen molar-refractivity contribution in [2.45, 2.75) is 50.7 Å². The molecule has 3 fully saturated rings. The predicted octanol–water partition coefficient (Wildman–Crippen LogP) is 0.732. The second-order valence-corrected chi connectivity index (χ2v) is 9.04. The van der Waals surface area contributed by atoms with Gasteiger partial charge in [-0.1, -0.05) is 6.92 Å². The number of amides is 1. The molecule has 1 saturated carbocycles. The highest BCUT2D eigenvalue weighted by atomic mass is 32.2. The van der Waals surface area contributed by atoms with E-state index in [1.165, 1.54) is 6.26 Å². The first-order chi connectivity index (χ1) is 10.3. The maximum atomic E-state index is 12.3. The van der Waals surface area contributed by atoms with Gasteiger partial charge < -0.3 is 9.64 Å². The summed E-state index contributed by atoms with van der Waals surface area (Å²) in [6.07, 6.45) is 5.27. The zero-order valence-corrected chi connectivity index (χ0v) is 14.2. The highest BCUT2D eigenvalue weighted by molar-refractivity contribution is 7.88. The molecule has 1 N–H and O–H groups in total. The predicted molar refractivity (Wildman–Crippen MR) is 82.8 cm³/mol. The molecule has 0 aromatic heterocycles. The standard InChI is InChI=1S/C15H26N2O4S/c1-11-9-13(11)14(18)17-6-4-15(5-7-17)10-12(3-8-21-15)16-22(2,19)20/h11-13,16H,3-10H2,1-2H3/t11-,12-,13-/m1/s1. The van der Waals surface area contributed by atoms with Crippen molar-refractivity contribution in [1.82, 2.24) is 9.62 Å². The zero-order chi connectivity index (χ0) is 16.0. The summed E-state index contributed by atoms with van der Waals surface area (Å²) in [6, 6.07) is -0.0468. The third-order valence-electron chi connectivity index (χ3n) is 5.29. The maximum Gasteiger partial charge on any atom is 0.225 e. The Morgan fingerprint density at radius 2 is 1.95 bits per heavy atom. The van der Waals surface area contributed by atoms with Crippen LogP contribution in [0.1, 0.15) is 39.0 Å². The summed E-state index contributed by atoms with van der Waals surface area (Å²) >= 11 is 0. The summed E-state index contributed by atoms with van der Waals surface area (Å²) < 4.78 is 31.6. The summed E-state index contributed by atoms with van der Waals surface area (Å²) in [6.45, 7) is 4.17. The fourth-order valence-corrected chi connectivity index (χ4v) is 4.62. The first-order valence-electron chi connectivity index (χ1n) is 8.18. The van der Waals surface area contributed by atoms with Crippen LogP contribution in [0.2, 0.25) is 0 Å². The number of nitrogens with one attached hydrogen (secondary N) is 1. The molecule has 22 heavy (non-hydrogen) atoms. The van der Waals surface area contributed by atoms with Crippen molar-refractivity contribution >= 4 is 15.9 Å². The molecule has 6 nitrogen and oxygen atoms in total. The lowest BCUT2D eigenvalue weighted by molar-refractivity contribution is -0.145. The molecule has 0 radical (unpaired) electrons. The molecule has 0 aromatic rings. The second kappa shape index (κ2) is 5.76. The Bertz CT molecular complexity index is 540. The van der Waals surface area contributed by atoms with Gasteiger partial charge in [0.25, 0.3) is 0 Å². The molecule has 7 heteroatoms. The fourth-order valence-electron chi connectivity index (χ4n) is 3.81. The van der Waals surface area contributed by atoms with Crippen molar-refractivity contribution < 1.29 is 17.9 Å². The molecule has 0 aromatic carbocycles. The van der Waals surface area contributed by atoms with Crippen molar-refractivity contribution in [3.05, 3.63) is 0 Å². The minimum absolute atomic E-state index is 0.0468. The molecule has 3 aliphatic rings. The molecule has 1 aliphatic carbocycles. The van der Waals surface area contributed by atoms with E-state index in [2.05, 4.69) is 11.6 Å². The van der Waals surface area contributed by atoms with Gasteiger partial charge in [-0.25, -0.2) is 13.1 Å². The van der Waals surface area contributed by atoms with Crippen molar-refractivity contribution in [3.63, 3.8) is 0 Å². The summed E-state index contributed by atoms with van der Waals surface area (Å²) in [5.41, 5.74) is -0.257. The molecule has 2 saturated heterocycles. The van der Waals surface area contributed by atoms with Gasteiger partial charge in [-0.05, 0) is 38.0 Å². The van der Waals surface area contributed by atoms with E-state index in [1.54, 1.807) is 0 Å². The quantitative estimate of drug-likeness (QED) is 0.828. The molecule has 0 unspecified atom stereocenters. The topological polar surface area (TPSA) is 75.7 Å². The molecular weight excluding hydrogens is 304 g/mol. The van der Waals surface area contributed by atoms with Gasteiger partial charge in [-0.3, -0.25) is 4.79 Å². The molecular formula is C15H26N2O4S. The molecule has 2 heterocycles. The minimum Gasteiger partial charge on any atom is -0.375 e. The third kappa shape index (κ3) is 3.63. The van der Waals surface area contributed by atoms with Crippen LogP contribution in [-0.2, 0) is 19.6 Å². The van der Waals surface area contributed by atoms with Crippen molar-refractivity contribution in [1.29, 1.82) is 0 Å². The minimum atomic E-state index is -3.18. The number of hydrogen-bond acceptors (Lipinski definition) is 4. The van der Waals surface area contributed by atoms with E-state index in [1.807, 2.05) is 4.90 Å². The number of carbonyl (C=O) groups is 1. The van der Waals surface area contributed by atoms with Gasteiger partial charge in [0.05, 0.1) is 11.9 Å². The molecule has 0 bridgehead atoms. The van der Waals surface area contributed by atoms with Crippen molar-refractivity contribution in [2.24, 2.45) is 11.8 Å². The Balaban J connectivity index is 1.56. The Morgan fingerprint density at radius 1 is 1.32 bits per heavy atom. The number of nitrogens with zero attached hydrogens (tertiary/aromatic N) is 1. The second-order valence-electron chi connectivity index (χ2n) is 7.26. The highest BCUT2D eigenvalue weighted by Crippen LogP contribution is 2.41. The maximum absolute atomic E-state index is 12.3. The van der Waals surface area contributed by atoms with Gasteiger partial charge in [0.1, 0.15) is 0 Å². The number of piperidine rings is 1. The number of ether oxygens (including phenoxy) is 1. The molecule has 3 rings (SSSR count). The molecule has 1 amide bonds. The highest BCUT2D eigenvalue weighted by Gasteiger charge is 2.46. The van der Waals surface area contributed by atoms with Gasteiger partial charge in [0.2, 0.25) is 15.9 Å². The van der Waals surface area contributed by atoms with Crippen LogP contribution in [0.15, 0.2) is 0 Å². The van der Waals surface area contributed by atoms with Gasteiger partial charge in [-0.15, -0.1) is 0 Å². The third-order valence-corrected chi connectivity index (χ3v) is 6.05. The summed E-state index contributed by atoms with van der Waals surface area (Å²) in [5, 5.41) is 0. The molecule has 2 aliphatic heterocycles. The van der Waals surface area contributed by atoms with Gasteiger partial charge >= 0.3 is 0 Å². The first-order valence-corrected chi connectivity index (χ1v) is 10.1. The molecule has 1 spiro atoms. The monoisotopic (exact) mass is 330 g/mol. The van der Waals surface area contributed by atoms with Crippen molar-refractivity contribution in [3.8, 4) is 0 Å². The zero-order valence-electron chi connectivity index (χ0n) is 13.4. The number of carbonyl (C=O) groups excluding carboxylic acids is 1. The van der Waals surface area contributed by atoms with Crippen molar-refractivity contribution in [2.75, 3.05) is 26.0 Å². The number of hydrogen-bond donors (Lipinski definition) is 1. The van der Waals surface area contributed by atoms with Gasteiger partial charge in [0.15, 0.2) is 0 Å². The van der Waals surface area contributed by atoms with Crippen LogP contribution < -0.4 is 4.72 Å². The van der Waals surface area contributed by atoms with Crippen LogP contribution >= 0.6 is 0 Å². The Labute approximate surface area is 132 Å². The normalized spacial score (nSPS) is 34.6. The Hall–Kier alpha value is -0.660. The lowest BCUT2D eigenvalue weighted by atomic mass is 9.82. The van der Waals surface area contributed by atoms with Crippen LogP contribution in [-0.4, -0.2) is 56.8 Å². The van der Waals surface area contributed by atoms with E-state index in [9.17, 15) is 13.2 Å². The summed E-state index contributed by atoms with van der Waals surface area (Å²) in [5.74, 6) is 1.07. The first kappa shape index (κ1) is 16.2. The average molecular weight is 330 g/mol. The van der Waals surface area contributed by atoms with E-state index in [0.717, 1.165) is 38.8 Å². The largest absolute Gasteiger partial charge is 0.375 e. The molecule has 126 valence electrons. The number of sulfonamides is 1.